The van der Waals surface area contributed by atoms with E-state index in [-0.39, 0.29) is 6.04 Å². The molecular weight excluding hydrogens is 258 g/mol. The number of ether oxygens (including phenoxy) is 1. The lowest BCUT2D eigenvalue weighted by Gasteiger charge is -2.37. The van der Waals surface area contributed by atoms with Gasteiger partial charge in [0.2, 0.25) is 0 Å². The maximum Gasteiger partial charge on any atom is 0.186 e. The molecule has 2 N–H and O–H groups in total. The number of morpholine rings is 1. The zero-order valence-electron chi connectivity index (χ0n) is 11.2. The third-order valence-electron chi connectivity index (χ3n) is 4.71. The molecule has 3 unspecified atom stereocenters. The van der Waals surface area contributed by atoms with Gasteiger partial charge < -0.3 is 15.4 Å². The highest BCUT2D eigenvalue weighted by Gasteiger charge is 2.38. The summed E-state index contributed by atoms with van der Waals surface area (Å²) in [5.41, 5.74) is 7.37. The third-order valence-corrected chi connectivity index (χ3v) is 5.88. The molecule has 0 aromatic carbocycles. The fourth-order valence-corrected chi connectivity index (χ4v) is 4.98. The number of thiazole rings is 1. The van der Waals surface area contributed by atoms with Gasteiger partial charge in [0.25, 0.3) is 0 Å². The fourth-order valence-electron chi connectivity index (χ4n) is 3.72. The second kappa shape index (κ2) is 4.72. The average molecular weight is 279 g/mol. The van der Waals surface area contributed by atoms with Crippen molar-refractivity contribution in [3.05, 3.63) is 10.6 Å². The van der Waals surface area contributed by atoms with E-state index >= 15 is 0 Å². The molecule has 104 valence electrons. The summed E-state index contributed by atoms with van der Waals surface area (Å²) in [5.74, 6) is 0. The largest absolute Gasteiger partial charge is 0.374 e. The second-order valence-corrected chi connectivity index (χ2v) is 6.97. The predicted octanol–water partition coefficient (Wildman–Crippen LogP) is 2.24. The first kappa shape index (κ1) is 12.1. The summed E-state index contributed by atoms with van der Waals surface area (Å²) in [6.45, 7) is 1.83. The van der Waals surface area contributed by atoms with Crippen LogP contribution in [0.2, 0.25) is 0 Å². The zero-order valence-corrected chi connectivity index (χ0v) is 12.0. The van der Waals surface area contributed by atoms with Crippen LogP contribution < -0.4 is 10.6 Å². The van der Waals surface area contributed by atoms with Crippen LogP contribution in [0.25, 0.3) is 0 Å². The number of aromatic nitrogens is 1. The Morgan fingerprint density at radius 3 is 3.11 bits per heavy atom. The van der Waals surface area contributed by atoms with Gasteiger partial charge in [0.05, 0.1) is 24.4 Å². The SMILES string of the molecule is NC1CCCc2sc(N3CCOC4CCCC43)nc21. The number of rotatable bonds is 1. The van der Waals surface area contributed by atoms with Crippen LogP contribution in [-0.2, 0) is 11.2 Å². The Bertz CT molecular complexity index is 475. The molecule has 0 radical (unpaired) electrons. The van der Waals surface area contributed by atoms with Gasteiger partial charge >= 0.3 is 0 Å². The third kappa shape index (κ3) is 1.99. The lowest BCUT2D eigenvalue weighted by molar-refractivity contribution is 0.0256. The highest BCUT2D eigenvalue weighted by Crippen LogP contribution is 2.39. The molecule has 1 aromatic heterocycles. The van der Waals surface area contributed by atoms with E-state index in [0.29, 0.717) is 12.1 Å². The molecule has 0 bridgehead atoms. The monoisotopic (exact) mass is 279 g/mol. The molecule has 3 aliphatic rings. The summed E-state index contributed by atoms with van der Waals surface area (Å²) in [7, 11) is 0. The summed E-state index contributed by atoms with van der Waals surface area (Å²) in [6, 6.07) is 0.715. The minimum Gasteiger partial charge on any atom is -0.374 e. The molecule has 0 amide bonds. The lowest BCUT2D eigenvalue weighted by Crippen LogP contribution is -2.48. The first-order valence-electron chi connectivity index (χ1n) is 7.46. The van der Waals surface area contributed by atoms with Gasteiger partial charge in [-0.25, -0.2) is 4.98 Å². The van der Waals surface area contributed by atoms with Crippen LogP contribution >= 0.6 is 11.3 Å². The molecule has 1 aromatic rings. The van der Waals surface area contributed by atoms with Crippen molar-refractivity contribution >= 4 is 16.5 Å². The predicted molar refractivity (Wildman–Crippen MR) is 76.7 cm³/mol. The van der Waals surface area contributed by atoms with Crippen molar-refractivity contribution in [2.45, 2.75) is 56.7 Å². The van der Waals surface area contributed by atoms with Gasteiger partial charge in [-0.15, -0.1) is 11.3 Å². The summed E-state index contributed by atoms with van der Waals surface area (Å²) < 4.78 is 5.89. The molecule has 3 atom stereocenters. The maximum atomic E-state index is 6.20. The Labute approximate surface area is 118 Å². The van der Waals surface area contributed by atoms with Crippen molar-refractivity contribution in [3.63, 3.8) is 0 Å². The van der Waals surface area contributed by atoms with Gasteiger partial charge in [0.1, 0.15) is 0 Å². The number of anilines is 1. The summed E-state index contributed by atoms with van der Waals surface area (Å²) in [4.78, 5) is 8.80. The topological polar surface area (TPSA) is 51.4 Å². The first-order chi connectivity index (χ1) is 9.33. The van der Waals surface area contributed by atoms with E-state index in [1.54, 1.807) is 0 Å². The second-order valence-electron chi connectivity index (χ2n) is 5.90. The van der Waals surface area contributed by atoms with Crippen molar-refractivity contribution < 1.29 is 4.74 Å². The normalized spacial score (nSPS) is 34.2. The molecule has 2 aliphatic carbocycles. The number of nitrogens with two attached hydrogens (primary N) is 1. The van der Waals surface area contributed by atoms with Gasteiger partial charge in [0, 0.05) is 17.5 Å². The van der Waals surface area contributed by atoms with Crippen LogP contribution in [0.1, 0.15) is 48.7 Å². The van der Waals surface area contributed by atoms with Crippen molar-refractivity contribution in [2.24, 2.45) is 5.73 Å². The van der Waals surface area contributed by atoms with E-state index in [9.17, 15) is 0 Å². The molecule has 4 rings (SSSR count). The molecular formula is C14H21N3OS. The highest BCUT2D eigenvalue weighted by molar-refractivity contribution is 7.15. The van der Waals surface area contributed by atoms with E-state index < -0.39 is 0 Å². The van der Waals surface area contributed by atoms with Gasteiger partial charge in [-0.3, -0.25) is 0 Å². The Morgan fingerprint density at radius 2 is 2.21 bits per heavy atom. The smallest absolute Gasteiger partial charge is 0.186 e. The maximum absolute atomic E-state index is 6.20. The molecule has 0 spiro atoms. The van der Waals surface area contributed by atoms with Gasteiger partial charge in [-0.1, -0.05) is 0 Å². The quantitative estimate of drug-likeness (QED) is 0.856. The van der Waals surface area contributed by atoms with Crippen LogP contribution in [0.4, 0.5) is 5.13 Å². The van der Waals surface area contributed by atoms with Gasteiger partial charge in [-0.2, -0.15) is 0 Å². The summed E-state index contributed by atoms with van der Waals surface area (Å²) in [6.07, 6.45) is 7.65. The Balaban J connectivity index is 1.64. The molecule has 1 saturated heterocycles. The van der Waals surface area contributed by atoms with Crippen LogP contribution in [-0.4, -0.2) is 30.3 Å². The Hall–Kier alpha value is -0.650. The van der Waals surface area contributed by atoms with E-state index in [1.807, 2.05) is 11.3 Å². The minimum absolute atomic E-state index is 0.161. The molecule has 2 fully saturated rings. The molecule has 2 heterocycles. The number of aryl methyl sites for hydroxylation is 1. The van der Waals surface area contributed by atoms with E-state index in [2.05, 4.69) is 4.90 Å². The number of fused-ring (bicyclic) bond motifs is 2. The lowest BCUT2D eigenvalue weighted by atomic mass is 9.99. The van der Waals surface area contributed by atoms with Crippen molar-refractivity contribution in [2.75, 3.05) is 18.1 Å². The van der Waals surface area contributed by atoms with Crippen LogP contribution in [0.5, 0.6) is 0 Å². The zero-order chi connectivity index (χ0) is 12.8. The molecule has 1 aliphatic heterocycles. The van der Waals surface area contributed by atoms with Gasteiger partial charge in [-0.05, 0) is 38.5 Å². The molecule has 4 nitrogen and oxygen atoms in total. The summed E-state index contributed by atoms with van der Waals surface area (Å²) in [5, 5.41) is 1.20. The number of nitrogens with zero attached hydrogens (tertiary/aromatic N) is 2. The van der Waals surface area contributed by atoms with Crippen molar-refractivity contribution in [1.29, 1.82) is 0 Å². The standard InChI is InChI=1S/C14H21N3OS/c15-9-3-1-6-12-13(9)16-14(19-12)17-7-8-18-11-5-2-4-10(11)17/h9-11H,1-8,15H2. The first-order valence-corrected chi connectivity index (χ1v) is 8.28. The van der Waals surface area contributed by atoms with Crippen LogP contribution in [0.15, 0.2) is 0 Å². The fraction of sp³-hybridized carbons (Fsp3) is 0.786. The average Bonchev–Trinajstić information content (AvgIpc) is 3.05. The van der Waals surface area contributed by atoms with Crippen molar-refractivity contribution in [3.8, 4) is 0 Å². The molecule has 5 heteroatoms. The Kier molecular flexibility index (Phi) is 3.01. The highest BCUT2D eigenvalue weighted by atomic mass is 32.1. The van der Waals surface area contributed by atoms with E-state index in [0.717, 1.165) is 19.6 Å². The number of hydrogen-bond donors (Lipinski definition) is 1. The number of hydrogen-bond acceptors (Lipinski definition) is 5. The molecule has 1 saturated carbocycles. The van der Waals surface area contributed by atoms with Crippen LogP contribution in [0.3, 0.4) is 0 Å². The van der Waals surface area contributed by atoms with Gasteiger partial charge in [0.15, 0.2) is 5.13 Å². The Morgan fingerprint density at radius 1 is 1.26 bits per heavy atom. The summed E-state index contributed by atoms with van der Waals surface area (Å²) >= 11 is 1.87. The molecule has 19 heavy (non-hydrogen) atoms. The van der Waals surface area contributed by atoms with Crippen molar-refractivity contribution in [1.82, 2.24) is 4.98 Å². The van der Waals surface area contributed by atoms with E-state index in [1.165, 1.54) is 47.8 Å². The van der Waals surface area contributed by atoms with Crippen LogP contribution in [0, 0.1) is 0 Å². The van der Waals surface area contributed by atoms with E-state index in [4.69, 9.17) is 15.5 Å². The minimum atomic E-state index is 0.161.